The number of aryl methyl sites for hydroxylation is 2. The Morgan fingerprint density at radius 1 is 0.971 bits per heavy atom. The number of para-hydroxylation sites is 2. The van der Waals surface area contributed by atoms with Crippen LogP contribution in [0.3, 0.4) is 0 Å². The highest BCUT2D eigenvalue weighted by Crippen LogP contribution is 2.24. The van der Waals surface area contributed by atoms with Crippen molar-refractivity contribution in [3.63, 3.8) is 0 Å². The van der Waals surface area contributed by atoms with Gasteiger partial charge in [-0.1, -0.05) is 31.2 Å². The van der Waals surface area contributed by atoms with Gasteiger partial charge >= 0.3 is 0 Å². The maximum Gasteiger partial charge on any atom is 0.227 e. The number of rotatable bonds is 6. The number of likely N-dealkylation sites (tertiary alicyclic amines) is 1. The summed E-state index contributed by atoms with van der Waals surface area (Å²) in [5.41, 5.74) is 4.90. The molecule has 0 bridgehead atoms. The molecule has 0 spiro atoms. The lowest BCUT2D eigenvalue weighted by atomic mass is 9.96. The number of imidazole rings is 1. The van der Waals surface area contributed by atoms with Crippen molar-refractivity contribution in [1.29, 1.82) is 0 Å². The molecule has 1 amide bonds. The van der Waals surface area contributed by atoms with Crippen molar-refractivity contribution in [3.8, 4) is 0 Å². The summed E-state index contributed by atoms with van der Waals surface area (Å²) < 4.78 is 2.31. The average Bonchev–Trinajstić information content (AvgIpc) is 3.25. The summed E-state index contributed by atoms with van der Waals surface area (Å²) in [6.07, 6.45) is 3.14. The first-order valence-electron chi connectivity index (χ1n) is 13.0. The number of piperidine rings is 1. The number of aromatic nitrogens is 2. The minimum absolute atomic E-state index is 0.101. The van der Waals surface area contributed by atoms with E-state index in [0.717, 1.165) is 83.0 Å². The zero-order valence-corrected chi connectivity index (χ0v) is 20.6. The summed E-state index contributed by atoms with van der Waals surface area (Å²) in [4.78, 5) is 25.3. The molecule has 0 unspecified atom stereocenters. The van der Waals surface area contributed by atoms with Crippen LogP contribution in [0.2, 0.25) is 0 Å². The van der Waals surface area contributed by atoms with Gasteiger partial charge in [-0.25, -0.2) is 4.98 Å². The van der Waals surface area contributed by atoms with Gasteiger partial charge < -0.3 is 14.4 Å². The molecule has 0 aliphatic carbocycles. The third kappa shape index (κ3) is 4.69. The van der Waals surface area contributed by atoms with Crippen LogP contribution >= 0.6 is 0 Å². The van der Waals surface area contributed by atoms with Gasteiger partial charge in [-0.3, -0.25) is 9.69 Å². The molecule has 0 saturated carbocycles. The Balaban J connectivity index is 1.18. The highest BCUT2D eigenvalue weighted by Gasteiger charge is 2.31. The van der Waals surface area contributed by atoms with Gasteiger partial charge in [0.25, 0.3) is 0 Å². The van der Waals surface area contributed by atoms with Crippen LogP contribution in [0.5, 0.6) is 0 Å². The number of nitrogens with zero attached hydrogens (tertiary/aromatic N) is 5. The number of benzene rings is 2. The molecule has 3 heterocycles. The molecule has 0 N–H and O–H groups in total. The number of hydrogen-bond acceptors (Lipinski definition) is 4. The predicted octanol–water partition coefficient (Wildman–Crippen LogP) is 4.18. The monoisotopic (exact) mass is 459 g/mol. The Kier molecular flexibility index (Phi) is 6.86. The van der Waals surface area contributed by atoms with Gasteiger partial charge in [0.2, 0.25) is 5.91 Å². The first-order chi connectivity index (χ1) is 16.7. The van der Waals surface area contributed by atoms with Gasteiger partial charge in [-0.05, 0) is 62.6 Å². The van der Waals surface area contributed by atoms with E-state index in [1.54, 1.807) is 0 Å². The molecule has 34 heavy (non-hydrogen) atoms. The van der Waals surface area contributed by atoms with Crippen molar-refractivity contribution in [2.45, 2.75) is 46.2 Å². The quantitative estimate of drug-likeness (QED) is 0.555. The zero-order chi connectivity index (χ0) is 23.5. The van der Waals surface area contributed by atoms with Crippen LogP contribution in [0.4, 0.5) is 5.69 Å². The summed E-state index contributed by atoms with van der Waals surface area (Å²) >= 11 is 0. The third-order valence-corrected chi connectivity index (χ3v) is 7.57. The highest BCUT2D eigenvalue weighted by atomic mass is 16.2. The van der Waals surface area contributed by atoms with Crippen LogP contribution in [0, 0.1) is 5.92 Å². The Bertz CT molecular complexity index is 1110. The van der Waals surface area contributed by atoms with E-state index in [1.165, 1.54) is 16.8 Å². The Morgan fingerprint density at radius 3 is 2.47 bits per heavy atom. The number of amides is 1. The molecule has 5 rings (SSSR count). The number of fused-ring (bicyclic) bond motifs is 1. The van der Waals surface area contributed by atoms with Crippen molar-refractivity contribution < 1.29 is 4.79 Å². The maximum absolute atomic E-state index is 13.4. The molecular weight excluding hydrogens is 422 g/mol. The van der Waals surface area contributed by atoms with Gasteiger partial charge in [-0.15, -0.1) is 0 Å². The minimum atomic E-state index is 0.101. The molecule has 2 aliphatic rings. The van der Waals surface area contributed by atoms with Gasteiger partial charge in [0.05, 0.1) is 23.5 Å². The lowest BCUT2D eigenvalue weighted by molar-refractivity contribution is -0.137. The molecule has 6 nitrogen and oxygen atoms in total. The van der Waals surface area contributed by atoms with Crippen LogP contribution in [-0.2, 0) is 24.3 Å². The standard InChI is InChI=1S/C28H37N5O/c1-3-22-11-13-24(14-12-22)31-16-18-32(19-17-31)28(34)23-8-7-15-30(20-23)21-27-29-25-9-5-6-10-26(25)33(27)4-2/h5-6,9-14,23H,3-4,7-8,15-21H2,1-2H3/t23-/m0/s1. The molecule has 2 saturated heterocycles. The highest BCUT2D eigenvalue weighted by molar-refractivity contribution is 5.79. The van der Waals surface area contributed by atoms with E-state index in [2.05, 4.69) is 81.6 Å². The molecular formula is C28H37N5O. The predicted molar refractivity (Wildman–Crippen MR) is 138 cm³/mol. The van der Waals surface area contributed by atoms with Gasteiger partial charge in [0, 0.05) is 45.0 Å². The fourth-order valence-corrected chi connectivity index (χ4v) is 5.59. The van der Waals surface area contributed by atoms with Crippen LogP contribution in [0.1, 0.15) is 38.1 Å². The number of hydrogen-bond donors (Lipinski definition) is 0. The first kappa shape index (κ1) is 22.9. The molecule has 0 radical (unpaired) electrons. The van der Waals surface area contributed by atoms with E-state index in [1.807, 2.05) is 0 Å². The molecule has 2 fully saturated rings. The SMILES string of the molecule is CCc1ccc(N2CCN(C(=O)[C@H]3CCCN(Cc4nc5ccccc5n4CC)C3)CC2)cc1. The third-order valence-electron chi connectivity index (χ3n) is 7.57. The Labute approximate surface area is 203 Å². The van der Waals surface area contributed by atoms with E-state index in [9.17, 15) is 4.79 Å². The molecule has 1 aromatic heterocycles. The largest absolute Gasteiger partial charge is 0.368 e. The second-order valence-electron chi connectivity index (χ2n) is 9.67. The van der Waals surface area contributed by atoms with Crippen molar-refractivity contribution in [3.05, 3.63) is 59.9 Å². The van der Waals surface area contributed by atoms with Crippen molar-refractivity contribution in [2.24, 2.45) is 5.92 Å². The van der Waals surface area contributed by atoms with E-state index < -0.39 is 0 Å². The lowest BCUT2D eigenvalue weighted by Gasteiger charge is -2.39. The summed E-state index contributed by atoms with van der Waals surface area (Å²) in [7, 11) is 0. The number of carbonyl (C=O) groups is 1. The molecule has 180 valence electrons. The van der Waals surface area contributed by atoms with Crippen LogP contribution in [-0.4, -0.2) is 64.5 Å². The summed E-state index contributed by atoms with van der Waals surface area (Å²) in [6, 6.07) is 17.2. The summed E-state index contributed by atoms with van der Waals surface area (Å²) in [5, 5.41) is 0. The normalized spacial score (nSPS) is 19.6. The number of anilines is 1. The van der Waals surface area contributed by atoms with E-state index in [0.29, 0.717) is 5.91 Å². The molecule has 3 aromatic rings. The average molecular weight is 460 g/mol. The van der Waals surface area contributed by atoms with Gasteiger partial charge in [0.1, 0.15) is 5.82 Å². The Morgan fingerprint density at radius 2 is 1.74 bits per heavy atom. The van der Waals surface area contributed by atoms with Gasteiger partial charge in [-0.2, -0.15) is 0 Å². The van der Waals surface area contributed by atoms with Crippen molar-refractivity contribution in [1.82, 2.24) is 19.4 Å². The van der Waals surface area contributed by atoms with Crippen LogP contribution in [0.15, 0.2) is 48.5 Å². The zero-order valence-electron chi connectivity index (χ0n) is 20.6. The summed E-state index contributed by atoms with van der Waals surface area (Å²) in [6.45, 7) is 11.4. The number of carbonyl (C=O) groups excluding carboxylic acids is 1. The fraction of sp³-hybridized carbons (Fsp3) is 0.500. The summed E-state index contributed by atoms with van der Waals surface area (Å²) in [5.74, 6) is 1.55. The minimum Gasteiger partial charge on any atom is -0.368 e. The molecule has 1 atom stereocenters. The van der Waals surface area contributed by atoms with Gasteiger partial charge in [0.15, 0.2) is 0 Å². The van der Waals surface area contributed by atoms with E-state index >= 15 is 0 Å². The number of piperazine rings is 1. The molecule has 2 aliphatic heterocycles. The van der Waals surface area contributed by atoms with Crippen LogP contribution in [0.25, 0.3) is 11.0 Å². The topological polar surface area (TPSA) is 44.6 Å². The Hall–Kier alpha value is -2.86. The van der Waals surface area contributed by atoms with Crippen molar-refractivity contribution >= 4 is 22.6 Å². The molecule has 6 heteroatoms. The smallest absolute Gasteiger partial charge is 0.227 e. The second kappa shape index (κ2) is 10.2. The first-order valence-corrected chi connectivity index (χ1v) is 13.0. The lowest BCUT2D eigenvalue weighted by Crippen LogP contribution is -2.52. The molecule has 2 aromatic carbocycles. The second-order valence-corrected chi connectivity index (χ2v) is 9.67. The van der Waals surface area contributed by atoms with E-state index in [-0.39, 0.29) is 5.92 Å². The van der Waals surface area contributed by atoms with E-state index in [4.69, 9.17) is 4.98 Å². The van der Waals surface area contributed by atoms with Crippen LogP contribution < -0.4 is 4.90 Å². The maximum atomic E-state index is 13.4. The fourth-order valence-electron chi connectivity index (χ4n) is 5.59. The van der Waals surface area contributed by atoms with Crippen molar-refractivity contribution in [2.75, 3.05) is 44.2 Å².